The minimum atomic E-state index is 0. The molecule has 12 heavy (non-hydrogen) atoms. The fourth-order valence-electron chi connectivity index (χ4n) is 0.578. The van der Waals surface area contributed by atoms with Crippen LogP contribution in [0.5, 0.6) is 0 Å². The van der Waals surface area contributed by atoms with Crippen molar-refractivity contribution in [3.63, 3.8) is 0 Å². The van der Waals surface area contributed by atoms with Crippen LogP contribution >= 0.6 is 12.6 Å². The quantitative estimate of drug-likeness (QED) is 0.348. The molecule has 0 atom stereocenters. The first-order chi connectivity index (χ1) is 5.13. The van der Waals surface area contributed by atoms with Crippen LogP contribution in [0.1, 0.15) is 7.43 Å². The number of hydrogen-bond donors (Lipinski definition) is 1. The van der Waals surface area contributed by atoms with Crippen molar-refractivity contribution in [3.8, 4) is 0 Å². The van der Waals surface area contributed by atoms with Crippen LogP contribution < -0.4 is 0 Å². The van der Waals surface area contributed by atoms with Gasteiger partial charge in [0.15, 0.2) is 0 Å². The summed E-state index contributed by atoms with van der Waals surface area (Å²) in [6.07, 6.45) is 1.31. The predicted molar refractivity (Wildman–Crippen MR) is 55.6 cm³/mol. The van der Waals surface area contributed by atoms with E-state index in [4.69, 9.17) is 6.58 Å². The maximum absolute atomic E-state index is 5.19. The molecule has 0 heterocycles. The Bertz CT molecular complexity index is 187. The van der Waals surface area contributed by atoms with Gasteiger partial charge in [0, 0.05) is 0 Å². The molecule has 70 valence electrons. The van der Waals surface area contributed by atoms with Crippen LogP contribution in [0.4, 0.5) is 0 Å². The van der Waals surface area contributed by atoms with Crippen molar-refractivity contribution in [2.75, 3.05) is 19.8 Å². The Morgan fingerprint density at radius 2 is 2.17 bits per heavy atom. The zero-order chi connectivity index (χ0) is 8.85. The Morgan fingerprint density at radius 1 is 1.67 bits per heavy atom. The summed E-state index contributed by atoms with van der Waals surface area (Å²) in [5, 5.41) is 0. The molecule has 4 heteroatoms. The van der Waals surface area contributed by atoms with Gasteiger partial charge in [0.05, 0.1) is 0 Å². The third-order valence-electron chi connectivity index (χ3n) is 1.01. The van der Waals surface area contributed by atoms with Gasteiger partial charge in [0.25, 0.3) is 0 Å². The molecule has 0 aromatic rings. The zero-order valence-electron chi connectivity index (χ0n) is 6.61. The van der Waals surface area contributed by atoms with Crippen molar-refractivity contribution >= 4 is 22.4 Å². The maximum atomic E-state index is 5.19. The van der Waals surface area contributed by atoms with E-state index < -0.39 is 0 Å². The van der Waals surface area contributed by atoms with Crippen LogP contribution in [0.3, 0.4) is 0 Å². The van der Waals surface area contributed by atoms with E-state index in [1.54, 1.807) is 0 Å². The fourth-order valence-corrected chi connectivity index (χ4v) is 1.56. The Morgan fingerprint density at radius 3 is 2.42 bits per heavy atom. The summed E-state index contributed by atoms with van der Waals surface area (Å²) in [6, 6.07) is 0. The average molecular weight is 355 g/mol. The summed E-state index contributed by atoms with van der Waals surface area (Å²) >= 11 is 5.54. The molecule has 0 aromatic heterocycles. The first-order valence-electron chi connectivity index (χ1n) is 3.06. The molecule has 0 fully saturated rings. The Labute approximate surface area is 91.6 Å². The van der Waals surface area contributed by atoms with Gasteiger partial charge in [-0.2, -0.15) is 0 Å². The third kappa shape index (κ3) is 4.89. The van der Waals surface area contributed by atoms with Gasteiger partial charge < -0.3 is 0 Å². The number of hydrogen-bond acceptors (Lipinski definition) is 2. The summed E-state index contributed by atoms with van der Waals surface area (Å²) in [5.74, 6) is 1.65. The molecule has 0 N–H and O–H groups in total. The average Bonchev–Trinajstić information content (AvgIpc) is 1.98. The molecular weight excluding hydrogens is 340 g/mol. The second-order valence-electron chi connectivity index (χ2n) is 2.08. The Balaban J connectivity index is 0. The molecule has 0 amide bonds. The number of thiol groups is 1. The van der Waals surface area contributed by atoms with Gasteiger partial charge in [-0.15, -0.1) is 0 Å². The normalized spacial score (nSPS) is 10.1. The summed E-state index contributed by atoms with van der Waals surface area (Å²) < 4.78 is 1.19. The van der Waals surface area contributed by atoms with E-state index in [0.717, 1.165) is 11.6 Å². The topological polar surface area (TPSA) is 15.6 Å². The molecule has 0 aliphatic carbocycles. The Kier molecular flexibility index (Phi) is 9.45. The predicted octanol–water partition coefficient (Wildman–Crippen LogP) is 1.18. The van der Waals surface area contributed by atoms with Crippen molar-refractivity contribution in [3.05, 3.63) is 12.8 Å². The van der Waals surface area contributed by atoms with E-state index >= 15 is 0 Å². The van der Waals surface area contributed by atoms with Crippen LogP contribution in [0.2, 0.25) is 0 Å². The molecule has 0 bridgehead atoms. The first kappa shape index (κ1) is 14.6. The van der Waals surface area contributed by atoms with E-state index in [1.165, 1.54) is 29.5 Å². The molecule has 0 aromatic carbocycles. The van der Waals surface area contributed by atoms with Crippen molar-refractivity contribution in [1.29, 1.82) is 0 Å². The summed E-state index contributed by atoms with van der Waals surface area (Å²) in [7, 11) is 3.88. The van der Waals surface area contributed by atoms with Crippen molar-refractivity contribution in [2.24, 2.45) is 4.99 Å². The fraction of sp³-hybridized carbons (Fsp3) is 0.500. The van der Waals surface area contributed by atoms with Crippen LogP contribution in [-0.4, -0.2) is 34.5 Å². The summed E-state index contributed by atoms with van der Waals surface area (Å²) in [5.41, 5.74) is 0. The van der Waals surface area contributed by atoms with Crippen molar-refractivity contribution in [2.45, 2.75) is 7.43 Å². The molecule has 0 radical (unpaired) electrons. The van der Waals surface area contributed by atoms with Gasteiger partial charge in [-0.1, -0.05) is 7.43 Å². The second-order valence-corrected chi connectivity index (χ2v) is 4.16. The van der Waals surface area contributed by atoms with Gasteiger partial charge in [-0.3, -0.25) is 0 Å². The van der Waals surface area contributed by atoms with E-state index in [1.807, 2.05) is 19.0 Å². The number of nitrogens with zero attached hydrogens (tertiary/aromatic N) is 2. The van der Waals surface area contributed by atoms with Crippen LogP contribution in [0, 0.1) is 6.58 Å². The molecule has 0 rings (SSSR count). The first-order valence-corrected chi connectivity index (χ1v) is 5.16. The molecule has 0 saturated heterocycles. The van der Waals surface area contributed by atoms with Crippen LogP contribution in [-0.2, 0) is 19.4 Å². The second kappa shape index (κ2) is 7.75. The van der Waals surface area contributed by atoms with Gasteiger partial charge in [-0.05, 0) is 0 Å². The molecule has 0 spiro atoms. The van der Waals surface area contributed by atoms with E-state index in [2.05, 4.69) is 17.6 Å². The standard InChI is InChI=1S/C7H11N2S.CH4.W/c1-4-8-7(5-6-10)9(2)3;;/h1,4,10H,6H2,2-3H3;1H4;/q-1;;. The van der Waals surface area contributed by atoms with Crippen LogP contribution in [0.15, 0.2) is 11.2 Å². The van der Waals surface area contributed by atoms with Gasteiger partial charge in [0.2, 0.25) is 0 Å². The number of amidine groups is 1. The van der Waals surface area contributed by atoms with E-state index in [-0.39, 0.29) is 7.43 Å². The third-order valence-corrected chi connectivity index (χ3v) is 3.35. The van der Waals surface area contributed by atoms with Crippen LogP contribution in [0.25, 0.3) is 0 Å². The molecular formula is C8H15N2SW-. The summed E-state index contributed by atoms with van der Waals surface area (Å²) in [4.78, 5) is 5.96. The molecule has 0 aliphatic rings. The van der Waals surface area contributed by atoms with E-state index in [0.29, 0.717) is 0 Å². The van der Waals surface area contributed by atoms with E-state index in [9.17, 15) is 0 Å². The molecule has 0 unspecified atom stereocenters. The molecule has 2 nitrogen and oxygen atoms in total. The SMILES string of the molecule is C.[CH-]=CN=C([C](=[W])CS)N(C)C. The number of aliphatic imine (C=N–C) groups is 1. The molecule has 0 aliphatic heterocycles. The van der Waals surface area contributed by atoms with Gasteiger partial charge in [-0.25, -0.2) is 0 Å². The summed E-state index contributed by atoms with van der Waals surface area (Å²) in [6.45, 7) is 5.19. The van der Waals surface area contributed by atoms with Crippen molar-refractivity contribution < 1.29 is 19.4 Å². The zero-order valence-corrected chi connectivity index (χ0v) is 10.4. The van der Waals surface area contributed by atoms with Crippen molar-refractivity contribution in [1.82, 2.24) is 4.90 Å². The molecule has 0 saturated carbocycles. The number of rotatable bonds is 3. The van der Waals surface area contributed by atoms with Gasteiger partial charge in [0.1, 0.15) is 0 Å². The monoisotopic (exact) mass is 355 g/mol. The van der Waals surface area contributed by atoms with Gasteiger partial charge >= 0.3 is 84.2 Å². The Hall–Kier alpha value is 0.118. The minimum absolute atomic E-state index is 0.